The first kappa shape index (κ1) is 18.6. The van der Waals surface area contributed by atoms with Crippen LogP contribution in [0.15, 0.2) is 61.1 Å². The first-order valence-corrected chi connectivity index (χ1v) is 9.84. The Morgan fingerprint density at radius 1 is 1.00 bits per heavy atom. The molecule has 0 bridgehead atoms. The average Bonchev–Trinajstić information content (AvgIpc) is 3.15. The van der Waals surface area contributed by atoms with Crippen LogP contribution >= 0.6 is 11.6 Å². The predicted octanol–water partition coefficient (Wildman–Crippen LogP) is 3.73. The molecule has 6 heteroatoms. The van der Waals surface area contributed by atoms with E-state index < -0.39 is 0 Å². The molecular formula is C22H23ClN4O. The van der Waals surface area contributed by atoms with E-state index in [1.807, 2.05) is 53.2 Å². The maximum absolute atomic E-state index is 12.6. The first-order chi connectivity index (χ1) is 13.6. The van der Waals surface area contributed by atoms with Gasteiger partial charge in [-0.15, -0.1) is 0 Å². The molecule has 144 valence electrons. The number of carbonyl (C=O) groups is 1. The van der Waals surface area contributed by atoms with Gasteiger partial charge in [0.05, 0.1) is 18.6 Å². The number of halogens is 1. The highest BCUT2D eigenvalue weighted by Crippen LogP contribution is 2.20. The molecule has 0 saturated carbocycles. The highest BCUT2D eigenvalue weighted by atomic mass is 35.5. The van der Waals surface area contributed by atoms with E-state index in [2.05, 4.69) is 34.1 Å². The molecule has 0 radical (unpaired) electrons. The molecule has 1 aliphatic heterocycles. The van der Waals surface area contributed by atoms with E-state index in [9.17, 15) is 4.79 Å². The summed E-state index contributed by atoms with van der Waals surface area (Å²) >= 11 is 5.93. The van der Waals surface area contributed by atoms with E-state index in [0.29, 0.717) is 6.54 Å². The Balaban J connectivity index is 1.34. The minimum absolute atomic E-state index is 0.175. The second-order valence-electron chi connectivity index (χ2n) is 7.12. The molecular weight excluding hydrogens is 372 g/mol. The molecule has 1 saturated heterocycles. The summed E-state index contributed by atoms with van der Waals surface area (Å²) in [6, 6.07) is 16.1. The minimum Gasteiger partial charge on any atom is -0.360 e. The van der Waals surface area contributed by atoms with E-state index >= 15 is 0 Å². The summed E-state index contributed by atoms with van der Waals surface area (Å²) in [5, 5.41) is 0.739. The molecule has 0 atom stereocenters. The van der Waals surface area contributed by atoms with Gasteiger partial charge in [0.15, 0.2) is 0 Å². The van der Waals surface area contributed by atoms with Gasteiger partial charge in [-0.05, 0) is 55.3 Å². The number of nitrogens with zero attached hydrogens (tertiary/aromatic N) is 4. The highest BCUT2D eigenvalue weighted by molar-refractivity contribution is 6.30. The Hall–Kier alpha value is -2.79. The van der Waals surface area contributed by atoms with Crippen LogP contribution in [-0.2, 0) is 11.2 Å². The molecule has 28 heavy (non-hydrogen) atoms. The number of rotatable bonds is 5. The van der Waals surface area contributed by atoms with E-state index in [1.165, 1.54) is 5.56 Å². The fourth-order valence-electron chi connectivity index (χ4n) is 3.48. The Morgan fingerprint density at radius 3 is 2.36 bits per heavy atom. The molecule has 2 aromatic carbocycles. The highest BCUT2D eigenvalue weighted by Gasteiger charge is 2.23. The van der Waals surface area contributed by atoms with Gasteiger partial charge in [0, 0.05) is 42.2 Å². The summed E-state index contributed by atoms with van der Waals surface area (Å²) < 4.78 is 2.00. The van der Waals surface area contributed by atoms with Gasteiger partial charge in [0.1, 0.15) is 0 Å². The summed E-state index contributed by atoms with van der Waals surface area (Å²) in [6.07, 6.45) is 4.66. The van der Waals surface area contributed by atoms with Gasteiger partial charge < -0.3 is 14.4 Å². The Labute approximate surface area is 170 Å². The topological polar surface area (TPSA) is 41.4 Å². The molecule has 0 spiro atoms. The molecule has 0 unspecified atom stereocenters. The van der Waals surface area contributed by atoms with Crippen LogP contribution in [0.3, 0.4) is 0 Å². The zero-order valence-corrected chi connectivity index (χ0v) is 16.6. The SMILES string of the molecule is Cc1cn(-c2ccc(N3CCN(CCc4ccc(Cl)cc4)C(=O)C3)cc2)cn1. The van der Waals surface area contributed by atoms with Gasteiger partial charge in [-0.2, -0.15) is 0 Å². The summed E-state index contributed by atoms with van der Waals surface area (Å²) in [5.74, 6) is 0.175. The van der Waals surface area contributed by atoms with E-state index in [1.54, 1.807) is 0 Å². The quantitative estimate of drug-likeness (QED) is 0.662. The number of carbonyl (C=O) groups excluding carboxylic acids is 1. The molecule has 1 aliphatic rings. The maximum atomic E-state index is 12.6. The number of anilines is 1. The van der Waals surface area contributed by atoms with E-state index in [4.69, 9.17) is 11.6 Å². The monoisotopic (exact) mass is 394 g/mol. The van der Waals surface area contributed by atoms with Gasteiger partial charge in [0.25, 0.3) is 0 Å². The Kier molecular flexibility index (Phi) is 5.35. The smallest absolute Gasteiger partial charge is 0.242 e. The molecule has 5 nitrogen and oxygen atoms in total. The normalized spacial score (nSPS) is 14.6. The van der Waals surface area contributed by atoms with Crippen molar-refractivity contribution in [1.82, 2.24) is 14.5 Å². The number of hydrogen-bond donors (Lipinski definition) is 0. The molecule has 2 heterocycles. The molecule has 0 aliphatic carbocycles. The van der Waals surface area contributed by atoms with Gasteiger partial charge in [-0.1, -0.05) is 23.7 Å². The number of amides is 1. The van der Waals surface area contributed by atoms with Crippen LogP contribution in [0.2, 0.25) is 5.02 Å². The maximum Gasteiger partial charge on any atom is 0.242 e. The van der Waals surface area contributed by atoms with E-state index in [0.717, 1.165) is 48.1 Å². The predicted molar refractivity (Wildman–Crippen MR) is 112 cm³/mol. The number of benzene rings is 2. The number of imidazole rings is 1. The summed E-state index contributed by atoms with van der Waals surface area (Å²) in [6.45, 7) is 4.73. The molecule has 1 fully saturated rings. The molecule has 1 aromatic heterocycles. The summed E-state index contributed by atoms with van der Waals surface area (Å²) in [7, 11) is 0. The molecule has 3 aromatic rings. The van der Waals surface area contributed by atoms with Gasteiger partial charge >= 0.3 is 0 Å². The van der Waals surface area contributed by atoms with Crippen LogP contribution in [0, 0.1) is 6.92 Å². The lowest BCUT2D eigenvalue weighted by Gasteiger charge is -2.35. The molecule has 4 rings (SSSR count). The zero-order chi connectivity index (χ0) is 19.5. The van der Waals surface area contributed by atoms with Crippen molar-refractivity contribution in [3.05, 3.63) is 77.3 Å². The average molecular weight is 395 g/mol. The standard InChI is InChI=1S/C22H23ClN4O/c1-17-14-27(16-24-17)21-8-6-20(7-9-21)26-13-12-25(22(28)15-26)11-10-18-2-4-19(23)5-3-18/h2-9,14,16H,10-13,15H2,1H3. The number of aromatic nitrogens is 2. The minimum atomic E-state index is 0.175. The van der Waals surface area contributed by atoms with Crippen molar-refractivity contribution in [2.75, 3.05) is 31.1 Å². The summed E-state index contributed by atoms with van der Waals surface area (Å²) in [5.41, 5.74) is 4.33. The van der Waals surface area contributed by atoms with Crippen molar-refractivity contribution in [1.29, 1.82) is 0 Å². The third kappa shape index (κ3) is 4.20. The summed E-state index contributed by atoms with van der Waals surface area (Å²) in [4.78, 5) is 21.0. The van der Waals surface area contributed by atoms with E-state index in [-0.39, 0.29) is 5.91 Å². The second kappa shape index (κ2) is 8.07. The lowest BCUT2D eigenvalue weighted by Crippen LogP contribution is -2.51. The lowest BCUT2D eigenvalue weighted by atomic mass is 10.1. The number of piperazine rings is 1. The van der Waals surface area contributed by atoms with Crippen molar-refractivity contribution in [3.8, 4) is 5.69 Å². The van der Waals surface area contributed by atoms with Crippen molar-refractivity contribution >= 4 is 23.2 Å². The first-order valence-electron chi connectivity index (χ1n) is 9.47. The Bertz CT molecular complexity index is 949. The fourth-order valence-corrected chi connectivity index (χ4v) is 3.60. The van der Waals surface area contributed by atoms with Crippen LogP contribution < -0.4 is 4.90 Å². The van der Waals surface area contributed by atoms with Crippen LogP contribution in [0.4, 0.5) is 5.69 Å². The largest absolute Gasteiger partial charge is 0.360 e. The Morgan fingerprint density at radius 2 is 1.71 bits per heavy atom. The van der Waals surface area contributed by atoms with Crippen molar-refractivity contribution in [2.24, 2.45) is 0 Å². The van der Waals surface area contributed by atoms with Crippen LogP contribution in [-0.4, -0.2) is 46.5 Å². The third-order valence-electron chi connectivity index (χ3n) is 5.13. The van der Waals surface area contributed by atoms with Crippen molar-refractivity contribution < 1.29 is 4.79 Å². The van der Waals surface area contributed by atoms with Crippen LogP contribution in [0.5, 0.6) is 0 Å². The second-order valence-corrected chi connectivity index (χ2v) is 7.55. The number of hydrogen-bond acceptors (Lipinski definition) is 3. The van der Waals surface area contributed by atoms with Crippen LogP contribution in [0.25, 0.3) is 5.69 Å². The lowest BCUT2D eigenvalue weighted by molar-refractivity contribution is -0.130. The fraction of sp³-hybridized carbons (Fsp3) is 0.273. The van der Waals surface area contributed by atoms with Gasteiger partial charge in [-0.3, -0.25) is 4.79 Å². The van der Waals surface area contributed by atoms with Gasteiger partial charge in [-0.25, -0.2) is 4.98 Å². The zero-order valence-electron chi connectivity index (χ0n) is 15.9. The molecule has 1 amide bonds. The van der Waals surface area contributed by atoms with Crippen molar-refractivity contribution in [3.63, 3.8) is 0 Å². The van der Waals surface area contributed by atoms with Crippen LogP contribution in [0.1, 0.15) is 11.3 Å². The van der Waals surface area contributed by atoms with Crippen molar-refractivity contribution in [2.45, 2.75) is 13.3 Å². The number of aryl methyl sites for hydroxylation is 1. The van der Waals surface area contributed by atoms with Gasteiger partial charge in [0.2, 0.25) is 5.91 Å². The third-order valence-corrected chi connectivity index (χ3v) is 5.38. The molecule has 0 N–H and O–H groups in total.